The normalized spacial score (nSPS) is 11.4. The van der Waals surface area contributed by atoms with E-state index >= 15 is 0 Å². The average Bonchev–Trinajstić information content (AvgIpc) is 2.97. The topological polar surface area (TPSA) is 129 Å². The molecule has 0 aromatic heterocycles. The van der Waals surface area contributed by atoms with Crippen LogP contribution in [0.5, 0.6) is 23.0 Å². The fourth-order valence-corrected chi connectivity index (χ4v) is 5.97. The van der Waals surface area contributed by atoms with Crippen LogP contribution < -0.4 is 28.4 Å². The second-order valence-electron chi connectivity index (χ2n) is 8.39. The summed E-state index contributed by atoms with van der Waals surface area (Å²) in [6.45, 7) is 0. The van der Waals surface area contributed by atoms with Crippen LogP contribution in [0.4, 0.5) is 11.4 Å². The fraction of sp³-hybridized carbons (Fsp3) is 0.143. The third-order valence-corrected chi connectivity index (χ3v) is 8.73. The monoisotopic (exact) mass is 584 g/mol. The first kappa shape index (κ1) is 28.6. The highest BCUT2D eigenvalue weighted by Crippen LogP contribution is 2.33. The van der Waals surface area contributed by atoms with Gasteiger partial charge in [0.1, 0.15) is 23.0 Å². The van der Waals surface area contributed by atoms with Gasteiger partial charge in [-0.1, -0.05) is 24.3 Å². The average molecular weight is 585 g/mol. The maximum atomic E-state index is 13.0. The number of hydrogen-bond donors (Lipinski definition) is 2. The smallest absolute Gasteiger partial charge is 0.262 e. The Hall–Kier alpha value is -4.42. The van der Waals surface area contributed by atoms with Crippen LogP contribution in [0.25, 0.3) is 11.1 Å². The fourth-order valence-electron chi connectivity index (χ4n) is 3.83. The van der Waals surface area contributed by atoms with Crippen LogP contribution in [0, 0.1) is 0 Å². The summed E-state index contributed by atoms with van der Waals surface area (Å²) in [5.74, 6) is 1.68. The van der Waals surface area contributed by atoms with Crippen molar-refractivity contribution in [2.45, 2.75) is 9.79 Å². The molecule has 4 aromatic rings. The summed E-state index contributed by atoms with van der Waals surface area (Å²) in [5, 5.41) is 0. The summed E-state index contributed by atoms with van der Waals surface area (Å²) >= 11 is 0. The van der Waals surface area contributed by atoms with E-state index in [0.717, 1.165) is 0 Å². The molecule has 4 rings (SSSR count). The van der Waals surface area contributed by atoms with Crippen molar-refractivity contribution in [3.63, 3.8) is 0 Å². The summed E-state index contributed by atoms with van der Waals surface area (Å²) in [6.07, 6.45) is 0. The van der Waals surface area contributed by atoms with Crippen molar-refractivity contribution in [2.24, 2.45) is 0 Å². The third-order valence-electron chi connectivity index (χ3n) is 5.97. The first-order valence-corrected chi connectivity index (χ1v) is 14.8. The molecular formula is C28H28N2O8S2. The quantitative estimate of drug-likeness (QED) is 0.252. The molecule has 0 aliphatic heterocycles. The summed E-state index contributed by atoms with van der Waals surface area (Å²) in [6, 6.07) is 21.9. The van der Waals surface area contributed by atoms with Gasteiger partial charge in [0.25, 0.3) is 20.0 Å². The molecule has 12 heteroatoms. The molecule has 210 valence electrons. The molecule has 0 radical (unpaired) electrons. The van der Waals surface area contributed by atoms with E-state index in [-0.39, 0.29) is 21.2 Å². The van der Waals surface area contributed by atoms with Gasteiger partial charge in [-0.2, -0.15) is 0 Å². The zero-order chi connectivity index (χ0) is 28.9. The largest absolute Gasteiger partial charge is 0.497 e. The molecule has 0 amide bonds. The molecule has 4 aromatic carbocycles. The maximum absolute atomic E-state index is 13.0. The number of anilines is 2. The predicted octanol–water partition coefficient (Wildman–Crippen LogP) is 4.99. The molecule has 0 unspecified atom stereocenters. The summed E-state index contributed by atoms with van der Waals surface area (Å²) < 4.78 is 77.8. The van der Waals surface area contributed by atoms with Gasteiger partial charge in [-0.15, -0.1) is 0 Å². The molecule has 0 bridgehead atoms. The Morgan fingerprint density at radius 2 is 0.825 bits per heavy atom. The highest BCUT2D eigenvalue weighted by molar-refractivity contribution is 7.93. The van der Waals surface area contributed by atoms with Gasteiger partial charge in [0.05, 0.1) is 49.6 Å². The van der Waals surface area contributed by atoms with Gasteiger partial charge < -0.3 is 18.9 Å². The van der Waals surface area contributed by atoms with Crippen molar-refractivity contribution in [3.05, 3.63) is 84.9 Å². The summed E-state index contributed by atoms with van der Waals surface area (Å²) in [5.41, 5.74) is 1.94. The lowest BCUT2D eigenvalue weighted by Crippen LogP contribution is -2.14. The van der Waals surface area contributed by atoms with Crippen molar-refractivity contribution in [2.75, 3.05) is 37.9 Å². The van der Waals surface area contributed by atoms with Crippen molar-refractivity contribution < 1.29 is 35.8 Å². The minimum absolute atomic E-state index is 0.0472. The Labute approximate surface area is 233 Å². The van der Waals surface area contributed by atoms with Crippen molar-refractivity contribution in [1.29, 1.82) is 0 Å². The van der Waals surface area contributed by atoms with Gasteiger partial charge in [-0.25, -0.2) is 16.8 Å². The lowest BCUT2D eigenvalue weighted by molar-refractivity contribution is 0.395. The number of hydrogen-bond acceptors (Lipinski definition) is 8. The Morgan fingerprint density at radius 1 is 0.475 bits per heavy atom. The number of ether oxygens (including phenoxy) is 4. The molecule has 0 saturated carbocycles. The van der Waals surface area contributed by atoms with Crippen LogP contribution in [-0.4, -0.2) is 45.3 Å². The van der Waals surface area contributed by atoms with Crippen LogP contribution in [0.3, 0.4) is 0 Å². The van der Waals surface area contributed by atoms with Crippen LogP contribution >= 0.6 is 0 Å². The van der Waals surface area contributed by atoms with Gasteiger partial charge >= 0.3 is 0 Å². The zero-order valence-electron chi connectivity index (χ0n) is 22.2. The van der Waals surface area contributed by atoms with Gasteiger partial charge in [0, 0.05) is 12.1 Å². The molecule has 0 saturated heterocycles. The Kier molecular flexibility index (Phi) is 8.40. The number of rotatable bonds is 11. The van der Waals surface area contributed by atoms with E-state index in [1.165, 1.54) is 52.7 Å². The number of sulfonamides is 2. The van der Waals surface area contributed by atoms with Gasteiger partial charge in [-0.05, 0) is 59.7 Å². The minimum Gasteiger partial charge on any atom is -0.497 e. The zero-order valence-corrected chi connectivity index (χ0v) is 23.8. The van der Waals surface area contributed by atoms with E-state index in [9.17, 15) is 16.8 Å². The molecule has 0 aliphatic carbocycles. The second-order valence-corrected chi connectivity index (χ2v) is 11.8. The molecule has 40 heavy (non-hydrogen) atoms. The summed E-state index contributed by atoms with van der Waals surface area (Å²) in [7, 11) is -1.94. The molecule has 0 atom stereocenters. The Morgan fingerprint density at radius 3 is 1.12 bits per heavy atom. The molecule has 0 aliphatic rings. The maximum Gasteiger partial charge on any atom is 0.262 e. The molecule has 0 fully saturated rings. The van der Waals surface area contributed by atoms with Gasteiger partial charge in [-0.3, -0.25) is 9.44 Å². The molecule has 10 nitrogen and oxygen atoms in total. The van der Waals surface area contributed by atoms with Crippen LogP contribution in [-0.2, 0) is 20.0 Å². The van der Waals surface area contributed by atoms with Crippen molar-refractivity contribution in [1.82, 2.24) is 0 Å². The highest BCUT2D eigenvalue weighted by atomic mass is 32.2. The molecule has 0 spiro atoms. The minimum atomic E-state index is -3.91. The van der Waals surface area contributed by atoms with E-state index in [4.69, 9.17) is 18.9 Å². The summed E-state index contributed by atoms with van der Waals surface area (Å²) in [4.78, 5) is 0.0944. The number of benzene rings is 4. The first-order valence-electron chi connectivity index (χ1n) is 11.8. The molecule has 2 N–H and O–H groups in total. The van der Waals surface area contributed by atoms with Crippen LogP contribution in [0.15, 0.2) is 94.7 Å². The van der Waals surface area contributed by atoms with Gasteiger partial charge in [0.2, 0.25) is 0 Å². The Balaban J connectivity index is 1.51. The highest BCUT2D eigenvalue weighted by Gasteiger charge is 2.19. The second kappa shape index (κ2) is 11.8. The first-order chi connectivity index (χ1) is 19.1. The van der Waals surface area contributed by atoms with E-state index < -0.39 is 20.0 Å². The van der Waals surface area contributed by atoms with E-state index in [1.54, 1.807) is 60.7 Å². The van der Waals surface area contributed by atoms with E-state index in [0.29, 0.717) is 34.1 Å². The van der Waals surface area contributed by atoms with Crippen molar-refractivity contribution in [3.8, 4) is 34.1 Å². The third kappa shape index (κ3) is 6.24. The van der Waals surface area contributed by atoms with Crippen molar-refractivity contribution >= 4 is 31.4 Å². The van der Waals surface area contributed by atoms with Crippen LogP contribution in [0.2, 0.25) is 0 Å². The standard InChI is InChI=1S/C28H28N2O8S2/c1-35-21-9-15-25(27(17-21)37-3)29-39(31,32)23-11-5-19(6-12-23)20-7-13-24(14-8-20)40(33,34)30-26-16-10-22(36-2)18-28(26)38-4/h5-18,29-30H,1-4H3. The Bertz CT molecular complexity index is 1580. The number of nitrogens with one attached hydrogen (secondary N) is 2. The predicted molar refractivity (Wildman–Crippen MR) is 153 cm³/mol. The molecule has 0 heterocycles. The number of methoxy groups -OCH3 is 4. The van der Waals surface area contributed by atoms with E-state index in [1.807, 2.05) is 0 Å². The SMILES string of the molecule is COc1ccc(NS(=O)(=O)c2ccc(-c3ccc(S(=O)(=O)Nc4ccc(OC)cc4OC)cc3)cc2)c(OC)c1. The lowest BCUT2D eigenvalue weighted by Gasteiger charge is -2.14. The molecular weight excluding hydrogens is 556 g/mol. The van der Waals surface area contributed by atoms with E-state index in [2.05, 4.69) is 9.44 Å². The lowest BCUT2D eigenvalue weighted by atomic mass is 10.1. The van der Waals surface area contributed by atoms with Gasteiger partial charge in [0.15, 0.2) is 0 Å². The van der Waals surface area contributed by atoms with Crippen LogP contribution in [0.1, 0.15) is 0 Å².